The Bertz CT molecular complexity index is 1940. The summed E-state index contributed by atoms with van der Waals surface area (Å²) in [7, 11) is 0. The SMILES string of the molecule is C#CC(O/N=C\C(=O)NC1C(=O)N2C(C(=O)O)=C(CSc3cc[n+](C4CC4)c4cc(N5CCNCC5)c(F)cc34)CSC12)c1csc(N)n1. The number of rotatable bonds is 11. The van der Waals surface area contributed by atoms with Gasteiger partial charge < -0.3 is 31.2 Å². The molecule has 2 aromatic heterocycles. The zero-order chi connectivity index (χ0) is 34.2. The second-order valence-corrected chi connectivity index (χ2v) is 14.8. The molecule has 1 saturated carbocycles. The Balaban J connectivity index is 1.04. The van der Waals surface area contributed by atoms with Gasteiger partial charge in [0.25, 0.3) is 11.8 Å². The average Bonchev–Trinajstić information content (AvgIpc) is 3.86. The average molecular weight is 724 g/mol. The standard InChI is InChI=1S/C32H31FN8O5S3/c1-2-24(21-16-49-32(34)37-21)46-36-13-26(42)38-27-29(43)41-28(31(44)45)17(15-48-30(27)41)14-47-25-5-8-40(18-3-4-18)22-12-23(20(33)11-19(22)25)39-9-6-35-7-10-39/h1,5,8,11-13,16,18,24,27,30,35H,3-4,6-7,9-10,14-15H2,(H3-,34,37,38,42,44,45)/p+1/b36-13-. The lowest BCUT2D eigenvalue weighted by molar-refractivity contribution is -0.675. The van der Waals surface area contributed by atoms with Crippen LogP contribution in [-0.2, 0) is 19.2 Å². The summed E-state index contributed by atoms with van der Waals surface area (Å²) in [5, 5.41) is 21.8. The first kappa shape index (κ1) is 33.1. The maximum Gasteiger partial charge on any atom is 0.352 e. The third-order valence-corrected chi connectivity index (χ3v) is 11.8. The number of oxime groups is 1. The summed E-state index contributed by atoms with van der Waals surface area (Å²) < 4.78 is 17.8. The minimum atomic E-state index is -1.23. The number of fused-ring (bicyclic) bond motifs is 2. The monoisotopic (exact) mass is 723 g/mol. The van der Waals surface area contributed by atoms with Crippen molar-refractivity contribution in [2.45, 2.75) is 41.3 Å². The maximum atomic E-state index is 15.6. The van der Waals surface area contributed by atoms with E-state index in [0.717, 1.165) is 61.0 Å². The molecule has 0 radical (unpaired) electrons. The van der Waals surface area contributed by atoms with E-state index in [9.17, 15) is 19.5 Å². The molecule has 4 aliphatic rings. The van der Waals surface area contributed by atoms with Gasteiger partial charge in [-0.3, -0.25) is 14.5 Å². The number of nitrogens with one attached hydrogen (secondary N) is 2. The normalized spacial score (nSPS) is 21.3. The number of benzene rings is 1. The van der Waals surface area contributed by atoms with Gasteiger partial charge in [-0.1, -0.05) is 11.1 Å². The second-order valence-electron chi connectivity index (χ2n) is 11.8. The molecule has 3 fully saturated rings. The number of aliphatic carboxylic acids is 1. The van der Waals surface area contributed by atoms with Crippen LogP contribution in [0.1, 0.15) is 30.7 Å². The van der Waals surface area contributed by atoms with Gasteiger partial charge in [-0.05, 0) is 11.6 Å². The fraction of sp³-hybridized carbons (Fsp3) is 0.375. The van der Waals surface area contributed by atoms with Crippen molar-refractivity contribution in [2.75, 3.05) is 48.3 Å². The number of hydrogen-bond donors (Lipinski definition) is 4. The first-order valence-corrected chi connectivity index (χ1v) is 18.5. The number of pyridine rings is 1. The minimum absolute atomic E-state index is 0.0939. The van der Waals surface area contributed by atoms with Gasteiger partial charge in [0.05, 0.1) is 11.1 Å². The number of thiazole rings is 1. The molecule has 49 heavy (non-hydrogen) atoms. The molecule has 1 aromatic carbocycles. The largest absolute Gasteiger partial charge is 0.477 e. The molecule has 5 N–H and O–H groups in total. The van der Waals surface area contributed by atoms with Crippen LogP contribution < -0.4 is 25.8 Å². The third-order valence-electron chi connectivity index (χ3n) is 8.64. The van der Waals surface area contributed by atoms with E-state index in [4.69, 9.17) is 17.0 Å². The fourth-order valence-corrected chi connectivity index (χ4v) is 9.20. The molecule has 3 aliphatic heterocycles. The number of carbonyl (C=O) groups excluding carboxylic acids is 2. The van der Waals surface area contributed by atoms with Gasteiger partial charge in [0, 0.05) is 72.9 Å². The van der Waals surface area contributed by atoms with Crippen molar-refractivity contribution in [1.82, 2.24) is 20.5 Å². The first-order valence-electron chi connectivity index (χ1n) is 15.6. The van der Waals surface area contributed by atoms with Crippen molar-refractivity contribution in [1.29, 1.82) is 0 Å². The number of carbonyl (C=O) groups is 3. The van der Waals surface area contributed by atoms with Crippen LogP contribution in [-0.4, -0.2) is 88.1 Å². The van der Waals surface area contributed by atoms with Crippen LogP contribution in [0.4, 0.5) is 15.2 Å². The van der Waals surface area contributed by atoms with Crippen LogP contribution >= 0.6 is 34.9 Å². The highest BCUT2D eigenvalue weighted by Crippen LogP contribution is 2.42. The summed E-state index contributed by atoms with van der Waals surface area (Å²) in [4.78, 5) is 51.6. The van der Waals surface area contributed by atoms with E-state index in [2.05, 4.69) is 36.2 Å². The number of nitrogens with zero attached hydrogens (tertiary/aromatic N) is 5. The molecule has 7 rings (SSSR count). The van der Waals surface area contributed by atoms with Gasteiger partial charge in [-0.15, -0.1) is 41.3 Å². The molecule has 17 heteroatoms. The number of nitrogen functional groups attached to an aromatic ring is 1. The van der Waals surface area contributed by atoms with E-state index in [1.165, 1.54) is 39.8 Å². The summed E-state index contributed by atoms with van der Waals surface area (Å²) in [5.41, 5.74) is 8.01. The molecule has 3 unspecified atom stereocenters. The second kappa shape index (κ2) is 13.9. The predicted molar refractivity (Wildman–Crippen MR) is 186 cm³/mol. The summed E-state index contributed by atoms with van der Waals surface area (Å²) in [5.74, 6) is 0.215. The number of carboxylic acid groups (broad SMARTS) is 1. The van der Waals surface area contributed by atoms with Crippen molar-refractivity contribution >= 4 is 80.6 Å². The minimum Gasteiger partial charge on any atom is -0.477 e. The van der Waals surface area contributed by atoms with Crippen LogP contribution in [0.3, 0.4) is 0 Å². The van der Waals surface area contributed by atoms with Crippen molar-refractivity contribution in [3.63, 3.8) is 0 Å². The molecule has 0 bridgehead atoms. The molecule has 3 aromatic rings. The van der Waals surface area contributed by atoms with Crippen LogP contribution in [0.2, 0.25) is 0 Å². The Morgan fingerprint density at radius 3 is 2.86 bits per heavy atom. The zero-order valence-electron chi connectivity index (χ0n) is 26.0. The van der Waals surface area contributed by atoms with Crippen LogP contribution in [0.25, 0.3) is 10.9 Å². The summed E-state index contributed by atoms with van der Waals surface area (Å²) in [6, 6.07) is 4.92. The number of anilines is 2. The molecule has 2 saturated heterocycles. The fourth-order valence-electron chi connectivity index (χ4n) is 6.10. The third kappa shape index (κ3) is 6.65. The van der Waals surface area contributed by atoms with Crippen molar-refractivity contribution < 1.29 is 33.3 Å². The van der Waals surface area contributed by atoms with E-state index in [-0.39, 0.29) is 17.3 Å². The van der Waals surface area contributed by atoms with Gasteiger partial charge >= 0.3 is 5.97 Å². The molecule has 13 nitrogen and oxygen atoms in total. The van der Waals surface area contributed by atoms with Crippen LogP contribution in [0.15, 0.2) is 51.1 Å². The quantitative estimate of drug-likeness (QED) is 0.0573. The number of carboxylic acids is 1. The molecule has 2 amide bonds. The molecule has 3 atom stereocenters. The summed E-state index contributed by atoms with van der Waals surface area (Å²) in [6.45, 7) is 3.04. The molecule has 0 spiro atoms. The Morgan fingerprint density at radius 1 is 1.37 bits per heavy atom. The number of amides is 2. The number of terminal acetylenes is 1. The van der Waals surface area contributed by atoms with Crippen molar-refractivity contribution in [2.24, 2.45) is 5.16 Å². The smallest absolute Gasteiger partial charge is 0.352 e. The number of β-lactam (4-membered cyclic amide) rings is 1. The Morgan fingerprint density at radius 2 is 2.16 bits per heavy atom. The maximum absolute atomic E-state index is 15.6. The number of halogens is 1. The lowest BCUT2D eigenvalue weighted by Crippen LogP contribution is -2.70. The van der Waals surface area contributed by atoms with Gasteiger partial charge in [0.1, 0.15) is 34.8 Å². The highest BCUT2D eigenvalue weighted by atomic mass is 32.2. The highest BCUT2D eigenvalue weighted by Gasteiger charge is 2.54. The molecular weight excluding hydrogens is 692 g/mol. The molecule has 1 aliphatic carbocycles. The van der Waals surface area contributed by atoms with Crippen molar-refractivity contribution in [3.05, 3.63) is 52.6 Å². The lowest BCUT2D eigenvalue weighted by Gasteiger charge is -2.49. The Hall–Kier alpha value is -4.37. The van der Waals surface area contributed by atoms with Gasteiger partial charge in [0.15, 0.2) is 17.4 Å². The van der Waals surface area contributed by atoms with Crippen LogP contribution in [0.5, 0.6) is 0 Å². The van der Waals surface area contributed by atoms with E-state index in [1.807, 2.05) is 18.3 Å². The number of nitrogens with two attached hydrogens (primary N) is 1. The van der Waals surface area contributed by atoms with Gasteiger partial charge in [-0.2, -0.15) is 4.57 Å². The molecule has 254 valence electrons. The van der Waals surface area contributed by atoms with Gasteiger partial charge in [-0.25, -0.2) is 14.2 Å². The molecular formula is C32H32FN8O5S3+. The first-order chi connectivity index (χ1) is 23.7. The highest BCUT2D eigenvalue weighted by molar-refractivity contribution is 8.01. The lowest BCUT2D eigenvalue weighted by atomic mass is 10.0. The molecule has 5 heterocycles. The zero-order valence-corrected chi connectivity index (χ0v) is 28.5. The Labute approximate surface area is 293 Å². The van der Waals surface area contributed by atoms with Gasteiger partial charge in [0.2, 0.25) is 11.6 Å². The van der Waals surface area contributed by atoms with E-state index < -0.39 is 35.3 Å². The van der Waals surface area contributed by atoms with E-state index >= 15 is 4.39 Å². The Kier molecular flexibility index (Phi) is 9.38. The topological polar surface area (TPSA) is 166 Å². The van der Waals surface area contributed by atoms with E-state index in [0.29, 0.717) is 33.9 Å². The number of piperazine rings is 1. The summed E-state index contributed by atoms with van der Waals surface area (Å²) >= 11 is 3.96. The number of thioether (sulfide) groups is 2. The van der Waals surface area contributed by atoms with Crippen LogP contribution in [0, 0.1) is 18.2 Å². The van der Waals surface area contributed by atoms with E-state index in [1.54, 1.807) is 11.4 Å². The van der Waals surface area contributed by atoms with Crippen molar-refractivity contribution in [3.8, 4) is 12.3 Å². The predicted octanol–water partition coefficient (Wildman–Crippen LogP) is 2.26. The summed E-state index contributed by atoms with van der Waals surface area (Å²) in [6.07, 6.45) is 9.54. The number of hydrogen-bond acceptors (Lipinski definition) is 12. The number of aromatic nitrogens is 2.